The van der Waals surface area contributed by atoms with E-state index in [4.69, 9.17) is 5.02 Å². The van der Waals surface area contributed by atoms with Gasteiger partial charge in [-0.1, -0.05) is 0 Å². The molecule has 0 saturated carbocycles. The minimum absolute atomic E-state index is 0.306. The predicted octanol–water partition coefficient (Wildman–Crippen LogP) is -0.968. The van der Waals surface area contributed by atoms with Crippen molar-refractivity contribution in [2.24, 2.45) is 0 Å². The minimum atomic E-state index is 0.306. The van der Waals surface area contributed by atoms with Gasteiger partial charge >= 0.3 is 0 Å². The molecule has 0 atom stereocenters. The first-order valence-corrected chi connectivity index (χ1v) is 2.61. The normalized spacial score (nSPS) is 5.50. The lowest BCUT2D eigenvalue weighted by Gasteiger charge is -1.58. The first kappa shape index (κ1) is 4.82. The van der Waals surface area contributed by atoms with Crippen LogP contribution in [0.25, 0.3) is 0 Å². The van der Waals surface area contributed by atoms with E-state index in [1.807, 2.05) is 0 Å². The molecule has 0 bridgehead atoms. The van der Waals surface area contributed by atoms with E-state index in [1.165, 1.54) is 0 Å². The van der Waals surface area contributed by atoms with E-state index in [9.17, 15) is 0 Å². The first-order chi connectivity index (χ1) is 1.91. The van der Waals surface area contributed by atoms with E-state index in [-0.39, 0.29) is 0 Å². The average Bonchev–Trinajstić information content (AvgIpc) is 1.37. The largest absolute Gasteiger partial charge is 0.462 e. The zero-order valence-electron chi connectivity index (χ0n) is 2.24. The molecule has 1 N–H and O–H groups in total. The van der Waals surface area contributed by atoms with Gasteiger partial charge < -0.3 is 5.02 Å². The Balaban J connectivity index is 1.97. The van der Waals surface area contributed by atoms with Crippen molar-refractivity contribution in [3.05, 3.63) is 0 Å². The fraction of sp³-hybridized carbons (Fsp3) is 0. The lowest BCUT2D eigenvalue weighted by atomic mass is 9.73. The average molecular weight is 168 g/mol. The Kier molecular flexibility index (Phi) is 4.60. The predicted molar refractivity (Wildman–Crippen MR) is 30.5 cm³/mol. The second-order valence-electron chi connectivity index (χ2n) is 0.413. The number of hydrogen-bond donors (Lipinski definition) is 1. The summed E-state index contributed by atoms with van der Waals surface area (Å²) < 4.78 is 0. The second kappa shape index (κ2) is 3.82. The molecule has 1 nitrogen and oxygen atoms in total. The topological polar surface area (TPSA) is 20.2 Å². The Labute approximate surface area is 40.2 Å². The Morgan fingerprint density at radius 2 is 2.00 bits per heavy atom. The van der Waals surface area contributed by atoms with Gasteiger partial charge in [-0.05, 0) is 0 Å². The summed E-state index contributed by atoms with van der Waals surface area (Å²) in [5, 5.41) is 8.71. The molecule has 0 aromatic rings. The fourth-order valence-corrected chi connectivity index (χ4v) is 0. The van der Waals surface area contributed by atoms with Gasteiger partial charge in [0, 0.05) is 0 Å². The summed E-state index contributed by atoms with van der Waals surface area (Å²) in [6.07, 6.45) is 0. The maximum absolute atomic E-state index is 7.87. The summed E-state index contributed by atoms with van der Waals surface area (Å²) in [5.41, 5.74) is 0. The molecule has 0 aromatic carbocycles. The van der Waals surface area contributed by atoms with Gasteiger partial charge in [0.1, 0.15) is 0 Å². The summed E-state index contributed by atoms with van der Waals surface area (Å²) >= 11 is 2.10. The van der Waals surface area contributed by atoms with Gasteiger partial charge in [-0.25, -0.2) is 0 Å². The minimum Gasteiger partial charge on any atom is -0.462 e. The van der Waals surface area contributed by atoms with Gasteiger partial charge in [0.25, 0.3) is 0 Å². The third-order valence-electron chi connectivity index (χ3n) is 0.0845. The van der Waals surface area contributed by atoms with Crippen LogP contribution >= 0.6 is 22.4 Å². The highest BCUT2D eigenvalue weighted by Gasteiger charge is 1.72. The molecule has 0 heterocycles. The summed E-state index contributed by atoms with van der Waals surface area (Å²) in [7, 11) is 0.306. The number of halogens is 1. The summed E-state index contributed by atoms with van der Waals surface area (Å²) in [6.45, 7) is 0. The number of hydrogen-bond acceptors (Lipinski definition) is 1. The van der Waals surface area contributed by atoms with Crippen molar-refractivity contribution >= 4 is 34.8 Å². The van der Waals surface area contributed by atoms with E-state index < -0.39 is 0 Å². The lowest BCUT2D eigenvalue weighted by Crippen LogP contribution is -1.88. The Hall–Kier alpha value is 0.820. The third-order valence-corrected chi connectivity index (χ3v) is 0.567. The van der Waals surface area contributed by atoms with E-state index >= 15 is 0 Å². The quantitative estimate of drug-likeness (QED) is 0.394. The van der Waals surface area contributed by atoms with Crippen molar-refractivity contribution in [2.45, 2.75) is 0 Å². The van der Waals surface area contributed by atoms with Crippen LogP contribution in [-0.2, 0) is 0 Å². The van der Waals surface area contributed by atoms with E-state index in [0.29, 0.717) is 7.37 Å². The molecule has 0 fully saturated rings. The van der Waals surface area contributed by atoms with Crippen LogP contribution < -0.4 is 0 Å². The van der Waals surface area contributed by atoms with Crippen LogP contribution in [-0.4, -0.2) is 17.4 Å². The van der Waals surface area contributed by atoms with Crippen LogP contribution in [0, 0.1) is 0 Å². The molecule has 4 heavy (non-hydrogen) atoms. The van der Waals surface area contributed by atoms with Crippen molar-refractivity contribution < 1.29 is 5.02 Å². The van der Waals surface area contributed by atoms with Crippen molar-refractivity contribution in [3.63, 3.8) is 0 Å². The Bertz CT molecular complexity index is 8.00. The SMILES string of the molecule is OBBI. The van der Waals surface area contributed by atoms with Crippen LogP contribution in [0.1, 0.15) is 0 Å². The molecule has 4 heteroatoms. The molecule has 0 spiro atoms. The first-order valence-electron chi connectivity index (χ1n) is 1.08. The van der Waals surface area contributed by atoms with Gasteiger partial charge in [0.15, 0.2) is 0 Å². The van der Waals surface area contributed by atoms with E-state index in [2.05, 4.69) is 22.4 Å². The molecule has 0 saturated heterocycles. The van der Waals surface area contributed by atoms with Crippen molar-refractivity contribution in [1.29, 1.82) is 0 Å². The Morgan fingerprint density at radius 3 is 2.00 bits per heavy atom. The maximum atomic E-state index is 7.87. The van der Waals surface area contributed by atoms with Crippen LogP contribution in [0.4, 0.5) is 0 Å². The molecule has 22 valence electrons. The molecule has 0 aromatic heterocycles. The molecule has 0 amide bonds. The summed E-state index contributed by atoms with van der Waals surface area (Å²) in [6, 6.07) is 0. The summed E-state index contributed by atoms with van der Waals surface area (Å²) in [5.74, 6) is 0. The highest BCUT2D eigenvalue weighted by atomic mass is 127. The maximum Gasteiger partial charge on any atom is 0.244 e. The molecule has 0 rings (SSSR count). The second-order valence-corrected chi connectivity index (χ2v) is 1.49. The van der Waals surface area contributed by atoms with Gasteiger partial charge in [-0.2, -0.15) is 22.4 Å². The molecule has 0 unspecified atom stereocenters. The number of rotatable bonds is 1. The fourth-order valence-electron chi connectivity index (χ4n) is 0. The lowest BCUT2D eigenvalue weighted by molar-refractivity contribution is 0.621. The molecule has 0 radical (unpaired) electrons. The Morgan fingerprint density at radius 1 is 1.75 bits per heavy atom. The van der Waals surface area contributed by atoms with Gasteiger partial charge in [0.05, 0.1) is 0 Å². The van der Waals surface area contributed by atoms with Gasteiger partial charge in [-0.15, -0.1) is 0 Å². The smallest absolute Gasteiger partial charge is 0.244 e. The zero-order chi connectivity index (χ0) is 3.41. The molecular formula is H3B2IO. The monoisotopic (exact) mass is 168 g/mol. The standard InChI is InChI=1S/B2H3IO/c3-1-2-4/h1-2,4H. The molecular weight excluding hydrogens is 165 g/mol. The van der Waals surface area contributed by atoms with E-state index in [1.54, 1.807) is 0 Å². The zero-order valence-corrected chi connectivity index (χ0v) is 4.40. The highest BCUT2D eigenvalue weighted by molar-refractivity contribution is 14.1. The molecule has 0 aliphatic heterocycles. The van der Waals surface area contributed by atoms with Gasteiger partial charge in [0.2, 0.25) is 12.4 Å². The van der Waals surface area contributed by atoms with Crippen molar-refractivity contribution in [1.82, 2.24) is 0 Å². The van der Waals surface area contributed by atoms with Crippen LogP contribution in [0.3, 0.4) is 0 Å². The van der Waals surface area contributed by atoms with Gasteiger partial charge in [-0.3, -0.25) is 0 Å². The molecule has 0 aliphatic rings. The van der Waals surface area contributed by atoms with Crippen LogP contribution in [0.5, 0.6) is 0 Å². The summed E-state index contributed by atoms with van der Waals surface area (Å²) in [4.78, 5) is 0. The van der Waals surface area contributed by atoms with Crippen molar-refractivity contribution in [3.8, 4) is 0 Å². The van der Waals surface area contributed by atoms with Crippen LogP contribution in [0.15, 0.2) is 0 Å². The third kappa shape index (κ3) is 2.82. The van der Waals surface area contributed by atoms with E-state index in [0.717, 1.165) is 5.03 Å². The van der Waals surface area contributed by atoms with Crippen LogP contribution in [0.2, 0.25) is 0 Å². The molecule has 0 aliphatic carbocycles. The highest BCUT2D eigenvalue weighted by Crippen LogP contribution is 1.63. The van der Waals surface area contributed by atoms with Crippen molar-refractivity contribution in [2.75, 3.05) is 0 Å².